The lowest BCUT2D eigenvalue weighted by molar-refractivity contribution is -0.143. The first-order valence-corrected chi connectivity index (χ1v) is 13.6. The third-order valence-corrected chi connectivity index (χ3v) is 6.94. The highest BCUT2D eigenvalue weighted by atomic mass is 32.2. The number of nitrogens with two attached hydrogens (primary N) is 1. The van der Waals surface area contributed by atoms with Gasteiger partial charge in [-0.25, -0.2) is 4.79 Å². The van der Waals surface area contributed by atoms with E-state index in [0.717, 1.165) is 16.5 Å². The molecule has 1 heterocycles. The summed E-state index contributed by atoms with van der Waals surface area (Å²) in [6, 6.07) is 2.99. The van der Waals surface area contributed by atoms with Crippen molar-refractivity contribution >= 4 is 46.4 Å². The molecule has 0 aliphatic heterocycles. The molecule has 1 aromatic heterocycles. The van der Waals surface area contributed by atoms with Crippen LogP contribution in [0.3, 0.4) is 0 Å². The Labute approximate surface area is 220 Å². The molecule has 0 fully saturated rings. The Morgan fingerprint density at radius 3 is 2.35 bits per heavy atom. The highest BCUT2D eigenvalue weighted by Gasteiger charge is 2.32. The average molecular weight is 536 g/mol. The highest BCUT2D eigenvalue weighted by molar-refractivity contribution is 7.98. The predicted molar refractivity (Wildman–Crippen MR) is 143 cm³/mol. The van der Waals surface area contributed by atoms with Gasteiger partial charge >= 0.3 is 5.97 Å². The third kappa shape index (κ3) is 8.48. The van der Waals surface area contributed by atoms with Crippen LogP contribution in [0.15, 0.2) is 30.5 Å². The van der Waals surface area contributed by atoms with E-state index in [9.17, 15) is 29.4 Å². The van der Waals surface area contributed by atoms with Crippen molar-refractivity contribution in [1.29, 1.82) is 0 Å². The van der Waals surface area contributed by atoms with Crippen molar-refractivity contribution in [3.63, 3.8) is 0 Å². The normalized spacial score (nSPS) is 15.3. The van der Waals surface area contributed by atoms with Gasteiger partial charge in [-0.15, -0.1) is 0 Å². The number of amides is 3. The Morgan fingerprint density at radius 1 is 1.05 bits per heavy atom. The number of thioether (sulfide) groups is 1. The SMILES string of the molecule is CCC(C)C(NC(=O)C(N)CCSC)C(=O)NC(Cc1c[nH]c2ccccc12)C(=O)NC(CO)C(=O)O. The summed E-state index contributed by atoms with van der Waals surface area (Å²) in [5.74, 6) is -2.80. The fraction of sp³-hybridized carbons (Fsp3) is 0.520. The van der Waals surface area contributed by atoms with E-state index in [1.54, 1.807) is 24.9 Å². The minimum Gasteiger partial charge on any atom is -0.480 e. The fourth-order valence-corrected chi connectivity index (χ4v) is 4.28. The van der Waals surface area contributed by atoms with Gasteiger partial charge in [0.15, 0.2) is 0 Å². The zero-order valence-electron chi connectivity index (χ0n) is 21.3. The molecule has 11 nitrogen and oxygen atoms in total. The molecule has 12 heteroatoms. The standard InChI is InChI=1S/C25H37N5O6S/c1-4-14(2)21(30-22(32)17(26)9-10-37-3)24(34)28-19(23(33)29-20(13-31)25(35)36)11-15-12-27-18-8-6-5-7-16(15)18/h5-8,12,14,17,19-21,27,31H,4,9-11,13,26H2,1-3H3,(H,28,34)(H,29,33)(H,30,32)(H,35,36). The van der Waals surface area contributed by atoms with E-state index < -0.39 is 54.5 Å². The van der Waals surface area contributed by atoms with E-state index in [-0.39, 0.29) is 12.3 Å². The molecule has 0 aliphatic carbocycles. The Morgan fingerprint density at radius 2 is 1.73 bits per heavy atom. The van der Waals surface area contributed by atoms with Crippen molar-refractivity contribution < 1.29 is 29.4 Å². The number of carboxylic acid groups (broad SMARTS) is 1. The number of aromatic amines is 1. The fourth-order valence-electron chi connectivity index (χ4n) is 3.79. The number of carbonyl (C=O) groups is 4. The lowest BCUT2D eigenvalue weighted by atomic mass is 9.96. The van der Waals surface area contributed by atoms with E-state index in [4.69, 9.17) is 5.73 Å². The number of hydrogen-bond acceptors (Lipinski definition) is 7. The summed E-state index contributed by atoms with van der Waals surface area (Å²) in [6.07, 6.45) is 4.70. The van der Waals surface area contributed by atoms with Crippen molar-refractivity contribution in [3.05, 3.63) is 36.0 Å². The minimum atomic E-state index is -1.53. The first kappa shape index (κ1) is 30.1. The highest BCUT2D eigenvalue weighted by Crippen LogP contribution is 2.19. The molecule has 0 bridgehead atoms. The summed E-state index contributed by atoms with van der Waals surface area (Å²) in [5.41, 5.74) is 7.55. The van der Waals surface area contributed by atoms with Crippen molar-refractivity contribution in [2.75, 3.05) is 18.6 Å². The van der Waals surface area contributed by atoms with Crippen molar-refractivity contribution in [2.45, 2.75) is 57.3 Å². The number of fused-ring (bicyclic) bond motifs is 1. The smallest absolute Gasteiger partial charge is 0.328 e. The second kappa shape index (κ2) is 14.6. The lowest BCUT2D eigenvalue weighted by Crippen LogP contribution is -2.59. The number of hydrogen-bond donors (Lipinski definition) is 7. The third-order valence-electron chi connectivity index (χ3n) is 6.29. The first-order chi connectivity index (χ1) is 17.6. The van der Waals surface area contributed by atoms with Crippen LogP contribution in [-0.4, -0.2) is 81.7 Å². The van der Waals surface area contributed by atoms with Crippen LogP contribution in [-0.2, 0) is 25.6 Å². The Balaban J connectivity index is 2.29. The number of carboxylic acids is 1. The van der Waals surface area contributed by atoms with E-state index in [0.29, 0.717) is 18.6 Å². The van der Waals surface area contributed by atoms with Crippen LogP contribution in [0.4, 0.5) is 0 Å². The van der Waals surface area contributed by atoms with Gasteiger partial charge in [-0.2, -0.15) is 11.8 Å². The van der Waals surface area contributed by atoms with E-state index >= 15 is 0 Å². The quantitative estimate of drug-likeness (QED) is 0.170. The molecule has 0 saturated heterocycles. The van der Waals surface area contributed by atoms with Gasteiger partial charge in [0.2, 0.25) is 17.7 Å². The van der Waals surface area contributed by atoms with Gasteiger partial charge < -0.3 is 36.9 Å². The molecule has 204 valence electrons. The van der Waals surface area contributed by atoms with Crippen LogP contribution >= 0.6 is 11.8 Å². The molecule has 0 spiro atoms. The molecule has 8 N–H and O–H groups in total. The number of aliphatic hydroxyl groups is 1. The molecule has 1 aromatic carbocycles. The van der Waals surface area contributed by atoms with Gasteiger partial charge in [-0.3, -0.25) is 14.4 Å². The summed E-state index contributed by atoms with van der Waals surface area (Å²) in [7, 11) is 0. The van der Waals surface area contributed by atoms with E-state index in [1.165, 1.54) is 0 Å². The zero-order valence-corrected chi connectivity index (χ0v) is 22.1. The van der Waals surface area contributed by atoms with Crippen LogP contribution in [0.5, 0.6) is 0 Å². The largest absolute Gasteiger partial charge is 0.480 e. The number of aliphatic hydroxyl groups excluding tert-OH is 1. The molecule has 0 radical (unpaired) electrons. The molecular formula is C25H37N5O6S. The van der Waals surface area contributed by atoms with Crippen molar-refractivity contribution in [2.24, 2.45) is 11.7 Å². The maximum Gasteiger partial charge on any atom is 0.328 e. The number of aliphatic carboxylic acids is 1. The predicted octanol–water partition coefficient (Wildman–Crippen LogP) is 0.368. The Kier molecular flexibility index (Phi) is 11.9. The molecule has 2 rings (SSSR count). The van der Waals surface area contributed by atoms with Gasteiger partial charge in [-0.1, -0.05) is 38.5 Å². The minimum absolute atomic E-state index is 0.0494. The molecule has 0 saturated carbocycles. The van der Waals surface area contributed by atoms with E-state index in [2.05, 4.69) is 20.9 Å². The number of H-pyrrole nitrogens is 1. The molecule has 3 amide bonds. The summed E-state index contributed by atoms with van der Waals surface area (Å²) in [4.78, 5) is 53.6. The summed E-state index contributed by atoms with van der Waals surface area (Å²) < 4.78 is 0. The van der Waals surface area contributed by atoms with Gasteiger partial charge in [0.25, 0.3) is 0 Å². The lowest BCUT2D eigenvalue weighted by Gasteiger charge is -2.28. The summed E-state index contributed by atoms with van der Waals surface area (Å²) >= 11 is 1.56. The number of para-hydroxylation sites is 1. The van der Waals surface area contributed by atoms with Crippen molar-refractivity contribution in [3.8, 4) is 0 Å². The Bertz CT molecular complexity index is 1080. The maximum atomic E-state index is 13.4. The molecule has 2 aromatic rings. The number of carbonyl (C=O) groups excluding carboxylic acids is 3. The van der Waals surface area contributed by atoms with Gasteiger partial charge in [0, 0.05) is 23.5 Å². The van der Waals surface area contributed by atoms with Gasteiger partial charge in [0.1, 0.15) is 18.1 Å². The first-order valence-electron chi connectivity index (χ1n) is 12.2. The second-order valence-electron chi connectivity index (χ2n) is 8.97. The van der Waals surface area contributed by atoms with Crippen LogP contribution in [0.25, 0.3) is 10.9 Å². The molecular weight excluding hydrogens is 498 g/mol. The van der Waals surface area contributed by atoms with Gasteiger partial charge in [-0.05, 0) is 36.0 Å². The number of aromatic nitrogens is 1. The van der Waals surface area contributed by atoms with Crippen LogP contribution in [0.1, 0.15) is 32.3 Å². The molecule has 5 atom stereocenters. The topological polar surface area (TPSA) is 187 Å². The van der Waals surface area contributed by atoms with Crippen LogP contribution in [0.2, 0.25) is 0 Å². The second-order valence-corrected chi connectivity index (χ2v) is 9.95. The average Bonchev–Trinajstić information content (AvgIpc) is 3.30. The number of benzene rings is 1. The van der Waals surface area contributed by atoms with Crippen molar-refractivity contribution in [1.82, 2.24) is 20.9 Å². The van der Waals surface area contributed by atoms with Gasteiger partial charge in [0.05, 0.1) is 12.6 Å². The maximum absolute atomic E-state index is 13.4. The molecule has 0 aliphatic rings. The summed E-state index contributed by atoms with van der Waals surface area (Å²) in [5, 5.41) is 27.2. The number of rotatable bonds is 15. The van der Waals surface area contributed by atoms with E-state index in [1.807, 2.05) is 37.4 Å². The monoisotopic (exact) mass is 535 g/mol. The van der Waals surface area contributed by atoms with Crippen LogP contribution in [0, 0.1) is 5.92 Å². The molecule has 5 unspecified atom stereocenters. The molecule has 37 heavy (non-hydrogen) atoms. The van der Waals surface area contributed by atoms with Crippen LogP contribution < -0.4 is 21.7 Å². The summed E-state index contributed by atoms with van der Waals surface area (Å²) in [6.45, 7) is 2.87. The Hall–Kier alpha value is -3.09. The zero-order chi connectivity index (χ0) is 27.5. The number of nitrogens with one attached hydrogen (secondary N) is 4.